The zero-order valence-corrected chi connectivity index (χ0v) is 15.9. The second-order valence-electron chi connectivity index (χ2n) is 5.94. The van der Waals surface area contributed by atoms with E-state index in [0.717, 1.165) is 30.5 Å². The molecular formula is C20H25ClN2O3. The number of carbonyl (C=O) groups excluding carboxylic acids is 1. The summed E-state index contributed by atoms with van der Waals surface area (Å²) in [5.74, 6) is 0.721. The predicted molar refractivity (Wildman–Crippen MR) is 105 cm³/mol. The molecule has 5 nitrogen and oxygen atoms in total. The standard InChI is InChI=1S/C20H25ClN2O3/c1-3-4-11-26-19-17(21)12-15(13-18(19)25-2)20(24)23-10-9-14-5-7-16(22)8-6-14/h5-8,12-13H,3-4,9-11,22H2,1-2H3,(H,23,24). The Labute approximate surface area is 159 Å². The Morgan fingerprint density at radius 3 is 2.62 bits per heavy atom. The van der Waals surface area contributed by atoms with E-state index < -0.39 is 0 Å². The second kappa shape index (κ2) is 9.92. The van der Waals surface area contributed by atoms with Crippen molar-refractivity contribution in [2.75, 3.05) is 26.0 Å². The molecule has 140 valence electrons. The average Bonchev–Trinajstić information content (AvgIpc) is 2.64. The molecular weight excluding hydrogens is 352 g/mol. The van der Waals surface area contributed by atoms with Gasteiger partial charge in [0.05, 0.1) is 18.7 Å². The van der Waals surface area contributed by atoms with Gasteiger partial charge in [0.1, 0.15) is 0 Å². The molecule has 3 N–H and O–H groups in total. The summed E-state index contributed by atoms with van der Waals surface area (Å²) >= 11 is 6.28. The van der Waals surface area contributed by atoms with Gasteiger partial charge in [-0.05, 0) is 42.7 Å². The molecule has 0 unspecified atom stereocenters. The summed E-state index contributed by atoms with van der Waals surface area (Å²) in [5, 5.41) is 3.25. The van der Waals surface area contributed by atoms with Crippen molar-refractivity contribution in [3.05, 3.63) is 52.5 Å². The van der Waals surface area contributed by atoms with Gasteiger partial charge in [-0.3, -0.25) is 4.79 Å². The van der Waals surface area contributed by atoms with Crippen molar-refractivity contribution in [2.45, 2.75) is 26.2 Å². The van der Waals surface area contributed by atoms with Crippen molar-refractivity contribution in [2.24, 2.45) is 0 Å². The Morgan fingerprint density at radius 2 is 1.96 bits per heavy atom. The van der Waals surface area contributed by atoms with Crippen LogP contribution in [0.25, 0.3) is 0 Å². The number of benzene rings is 2. The minimum absolute atomic E-state index is 0.208. The first-order valence-corrected chi connectivity index (χ1v) is 9.06. The third-order valence-electron chi connectivity index (χ3n) is 3.91. The Balaban J connectivity index is 1.99. The summed E-state index contributed by atoms with van der Waals surface area (Å²) in [4.78, 5) is 12.4. The summed E-state index contributed by atoms with van der Waals surface area (Å²) in [6, 6.07) is 10.8. The van der Waals surface area contributed by atoms with Crippen LogP contribution in [0.15, 0.2) is 36.4 Å². The lowest BCUT2D eigenvalue weighted by molar-refractivity contribution is 0.0953. The highest BCUT2D eigenvalue weighted by Crippen LogP contribution is 2.36. The number of anilines is 1. The highest BCUT2D eigenvalue weighted by molar-refractivity contribution is 6.32. The molecule has 0 aliphatic rings. The van der Waals surface area contributed by atoms with E-state index in [1.165, 1.54) is 7.11 Å². The Kier molecular flexibility index (Phi) is 7.60. The van der Waals surface area contributed by atoms with Crippen LogP contribution in [-0.2, 0) is 6.42 Å². The SMILES string of the molecule is CCCCOc1c(Cl)cc(C(=O)NCCc2ccc(N)cc2)cc1OC. The lowest BCUT2D eigenvalue weighted by atomic mass is 10.1. The molecule has 2 aromatic carbocycles. The number of nitrogens with two attached hydrogens (primary N) is 1. The molecule has 0 heterocycles. The van der Waals surface area contributed by atoms with Gasteiger partial charge < -0.3 is 20.5 Å². The fourth-order valence-corrected chi connectivity index (χ4v) is 2.68. The van der Waals surface area contributed by atoms with Crippen LogP contribution in [0, 0.1) is 0 Å². The molecule has 0 saturated carbocycles. The summed E-state index contributed by atoms with van der Waals surface area (Å²) in [5.41, 5.74) is 7.93. The van der Waals surface area contributed by atoms with Crippen molar-refractivity contribution in [3.8, 4) is 11.5 Å². The largest absolute Gasteiger partial charge is 0.493 e. The fourth-order valence-electron chi connectivity index (χ4n) is 2.42. The molecule has 0 aliphatic heterocycles. The van der Waals surface area contributed by atoms with Crippen LogP contribution in [-0.4, -0.2) is 26.2 Å². The number of ether oxygens (including phenoxy) is 2. The first kappa shape index (κ1) is 19.9. The van der Waals surface area contributed by atoms with Crippen molar-refractivity contribution in [3.63, 3.8) is 0 Å². The van der Waals surface area contributed by atoms with Crippen LogP contribution in [0.1, 0.15) is 35.7 Å². The number of nitrogens with one attached hydrogen (secondary N) is 1. The highest BCUT2D eigenvalue weighted by atomic mass is 35.5. The molecule has 0 spiro atoms. The average molecular weight is 377 g/mol. The number of nitrogen functional groups attached to an aromatic ring is 1. The van der Waals surface area contributed by atoms with E-state index in [2.05, 4.69) is 12.2 Å². The van der Waals surface area contributed by atoms with Gasteiger partial charge in [0, 0.05) is 17.8 Å². The van der Waals surface area contributed by atoms with Crippen LogP contribution in [0.2, 0.25) is 5.02 Å². The van der Waals surface area contributed by atoms with Crippen LogP contribution < -0.4 is 20.5 Å². The topological polar surface area (TPSA) is 73.6 Å². The Hall–Kier alpha value is -2.40. The number of amides is 1. The number of methoxy groups -OCH3 is 1. The molecule has 0 bridgehead atoms. The van der Waals surface area contributed by atoms with Gasteiger partial charge in [-0.15, -0.1) is 0 Å². The molecule has 0 radical (unpaired) electrons. The zero-order chi connectivity index (χ0) is 18.9. The van der Waals surface area contributed by atoms with Gasteiger partial charge in [-0.25, -0.2) is 0 Å². The minimum Gasteiger partial charge on any atom is -0.493 e. The number of hydrogen-bond acceptors (Lipinski definition) is 4. The van der Waals surface area contributed by atoms with E-state index in [4.69, 9.17) is 26.8 Å². The Bertz CT molecular complexity index is 733. The lowest BCUT2D eigenvalue weighted by Gasteiger charge is -2.14. The summed E-state index contributed by atoms with van der Waals surface area (Å²) in [7, 11) is 1.53. The molecule has 0 aromatic heterocycles. The summed E-state index contributed by atoms with van der Waals surface area (Å²) in [6.45, 7) is 3.15. The monoisotopic (exact) mass is 376 g/mol. The van der Waals surface area contributed by atoms with Gasteiger partial charge in [0.2, 0.25) is 0 Å². The van der Waals surface area contributed by atoms with Gasteiger partial charge in [0.25, 0.3) is 5.91 Å². The zero-order valence-electron chi connectivity index (χ0n) is 15.2. The molecule has 26 heavy (non-hydrogen) atoms. The third kappa shape index (κ3) is 5.56. The van der Waals surface area contributed by atoms with Gasteiger partial charge >= 0.3 is 0 Å². The predicted octanol–water partition coefficient (Wildman–Crippen LogP) is 4.08. The van der Waals surface area contributed by atoms with E-state index in [1.54, 1.807) is 12.1 Å². The number of hydrogen-bond donors (Lipinski definition) is 2. The molecule has 0 saturated heterocycles. The van der Waals surface area contributed by atoms with E-state index in [0.29, 0.717) is 35.2 Å². The maximum atomic E-state index is 12.4. The van der Waals surface area contributed by atoms with E-state index in [1.807, 2.05) is 24.3 Å². The quantitative estimate of drug-likeness (QED) is 0.510. The number of rotatable bonds is 9. The van der Waals surface area contributed by atoms with Gasteiger partial charge in [-0.2, -0.15) is 0 Å². The van der Waals surface area contributed by atoms with Crippen molar-refractivity contribution in [1.82, 2.24) is 5.32 Å². The number of halogens is 1. The smallest absolute Gasteiger partial charge is 0.251 e. The van der Waals surface area contributed by atoms with Crippen molar-refractivity contribution < 1.29 is 14.3 Å². The Morgan fingerprint density at radius 1 is 1.23 bits per heavy atom. The van der Waals surface area contributed by atoms with Crippen LogP contribution in [0.5, 0.6) is 11.5 Å². The molecule has 0 atom stereocenters. The van der Waals surface area contributed by atoms with Crippen molar-refractivity contribution >= 4 is 23.2 Å². The molecule has 0 fully saturated rings. The molecule has 2 rings (SSSR count). The first-order chi connectivity index (χ1) is 12.5. The minimum atomic E-state index is -0.208. The van der Waals surface area contributed by atoms with Gasteiger partial charge in [-0.1, -0.05) is 37.1 Å². The van der Waals surface area contributed by atoms with Crippen LogP contribution in [0.3, 0.4) is 0 Å². The fraction of sp³-hybridized carbons (Fsp3) is 0.350. The van der Waals surface area contributed by atoms with E-state index >= 15 is 0 Å². The molecule has 1 amide bonds. The first-order valence-electron chi connectivity index (χ1n) is 8.68. The van der Waals surface area contributed by atoms with Crippen LogP contribution in [0.4, 0.5) is 5.69 Å². The highest BCUT2D eigenvalue weighted by Gasteiger charge is 2.15. The van der Waals surface area contributed by atoms with Crippen LogP contribution >= 0.6 is 11.6 Å². The summed E-state index contributed by atoms with van der Waals surface area (Å²) < 4.78 is 11.0. The second-order valence-corrected chi connectivity index (χ2v) is 6.35. The molecule has 0 aliphatic carbocycles. The molecule has 2 aromatic rings. The normalized spacial score (nSPS) is 10.4. The lowest BCUT2D eigenvalue weighted by Crippen LogP contribution is -2.25. The summed E-state index contributed by atoms with van der Waals surface area (Å²) in [6.07, 6.45) is 2.66. The van der Waals surface area contributed by atoms with E-state index in [9.17, 15) is 4.79 Å². The van der Waals surface area contributed by atoms with Crippen molar-refractivity contribution in [1.29, 1.82) is 0 Å². The maximum absolute atomic E-state index is 12.4. The number of carbonyl (C=O) groups is 1. The molecule has 6 heteroatoms. The van der Waals surface area contributed by atoms with E-state index in [-0.39, 0.29) is 5.91 Å². The number of unbranched alkanes of at least 4 members (excludes halogenated alkanes) is 1. The maximum Gasteiger partial charge on any atom is 0.251 e. The van der Waals surface area contributed by atoms with Gasteiger partial charge in [0.15, 0.2) is 11.5 Å². The third-order valence-corrected chi connectivity index (χ3v) is 4.20.